The number of nitrogens with zero attached hydrogens (tertiary/aromatic N) is 1. The highest BCUT2D eigenvalue weighted by Gasteiger charge is 2.07. The van der Waals surface area contributed by atoms with Crippen LogP contribution in [-0.2, 0) is 13.2 Å². The van der Waals surface area contributed by atoms with E-state index < -0.39 is 0 Å². The largest absolute Gasteiger partial charge is 0.392 e. The molecule has 0 aromatic heterocycles. The summed E-state index contributed by atoms with van der Waals surface area (Å²) in [4.78, 5) is 2.06. The van der Waals surface area contributed by atoms with Gasteiger partial charge in [-0.2, -0.15) is 0 Å². The van der Waals surface area contributed by atoms with E-state index in [1.807, 2.05) is 49.5 Å². The Morgan fingerprint density at radius 3 is 2.37 bits per heavy atom. The van der Waals surface area contributed by atoms with Crippen molar-refractivity contribution in [1.29, 1.82) is 0 Å². The van der Waals surface area contributed by atoms with E-state index in [1.54, 1.807) is 0 Å². The van der Waals surface area contributed by atoms with Gasteiger partial charge in [0.05, 0.1) is 6.61 Å². The molecule has 0 spiro atoms. The molecule has 19 heavy (non-hydrogen) atoms. The summed E-state index contributed by atoms with van der Waals surface area (Å²) >= 11 is 12.2. The van der Waals surface area contributed by atoms with Crippen molar-refractivity contribution < 1.29 is 5.11 Å². The van der Waals surface area contributed by atoms with Crippen LogP contribution in [0.5, 0.6) is 0 Å². The van der Waals surface area contributed by atoms with Crippen molar-refractivity contribution in [2.24, 2.45) is 0 Å². The second-order valence-corrected chi connectivity index (χ2v) is 5.20. The van der Waals surface area contributed by atoms with Crippen LogP contribution < -0.4 is 4.90 Å². The van der Waals surface area contributed by atoms with Crippen LogP contribution in [0.2, 0.25) is 10.0 Å². The number of halogens is 2. The van der Waals surface area contributed by atoms with Crippen molar-refractivity contribution in [1.82, 2.24) is 0 Å². The van der Waals surface area contributed by atoms with Crippen molar-refractivity contribution >= 4 is 28.9 Å². The molecule has 0 aliphatic rings. The summed E-state index contributed by atoms with van der Waals surface area (Å²) in [6, 6.07) is 13.4. The molecule has 0 heterocycles. The molecule has 2 nitrogen and oxygen atoms in total. The van der Waals surface area contributed by atoms with Gasteiger partial charge in [-0.3, -0.25) is 0 Å². The Balaban J connectivity index is 2.18. The van der Waals surface area contributed by atoms with Gasteiger partial charge >= 0.3 is 0 Å². The van der Waals surface area contributed by atoms with Crippen molar-refractivity contribution in [3.63, 3.8) is 0 Å². The Hall–Kier alpha value is -1.22. The highest BCUT2D eigenvalue weighted by Crippen LogP contribution is 2.25. The second-order valence-electron chi connectivity index (χ2n) is 4.38. The molecule has 100 valence electrons. The lowest BCUT2D eigenvalue weighted by Crippen LogP contribution is -2.16. The zero-order valence-electron chi connectivity index (χ0n) is 10.6. The molecule has 0 aliphatic heterocycles. The van der Waals surface area contributed by atoms with E-state index in [4.69, 9.17) is 28.3 Å². The van der Waals surface area contributed by atoms with Gasteiger partial charge in [0.1, 0.15) is 0 Å². The minimum atomic E-state index is -0.0483. The van der Waals surface area contributed by atoms with Crippen LogP contribution in [-0.4, -0.2) is 12.2 Å². The first-order valence-electron chi connectivity index (χ1n) is 5.95. The molecule has 2 aromatic rings. The molecule has 2 rings (SSSR count). The molecular formula is C15H15Cl2NO. The first-order valence-corrected chi connectivity index (χ1v) is 6.71. The van der Waals surface area contributed by atoms with E-state index in [0.29, 0.717) is 11.6 Å². The molecule has 4 heteroatoms. The Labute approximate surface area is 123 Å². The predicted molar refractivity (Wildman–Crippen MR) is 80.9 cm³/mol. The number of aliphatic hydroxyl groups is 1. The molecule has 0 saturated heterocycles. The van der Waals surface area contributed by atoms with Gasteiger partial charge in [0, 0.05) is 29.3 Å². The average molecular weight is 296 g/mol. The molecule has 2 aromatic carbocycles. The third-order valence-electron chi connectivity index (χ3n) is 3.01. The number of anilines is 1. The molecule has 0 radical (unpaired) electrons. The smallest absolute Gasteiger partial charge is 0.0696 e. The first kappa shape index (κ1) is 14.2. The quantitative estimate of drug-likeness (QED) is 0.917. The molecule has 0 atom stereocenters. The molecule has 0 unspecified atom stereocenters. The normalized spacial score (nSPS) is 10.5. The minimum absolute atomic E-state index is 0.0483. The van der Waals surface area contributed by atoms with Crippen LogP contribution in [0.3, 0.4) is 0 Å². The number of rotatable bonds is 4. The van der Waals surface area contributed by atoms with Gasteiger partial charge in [0.15, 0.2) is 0 Å². The van der Waals surface area contributed by atoms with Crippen LogP contribution in [0.1, 0.15) is 11.1 Å². The van der Waals surface area contributed by atoms with Gasteiger partial charge in [-0.25, -0.2) is 0 Å². The van der Waals surface area contributed by atoms with Crippen molar-refractivity contribution in [3.05, 3.63) is 63.6 Å². The van der Waals surface area contributed by atoms with Crippen molar-refractivity contribution in [3.8, 4) is 0 Å². The maximum atomic E-state index is 9.10. The maximum Gasteiger partial charge on any atom is 0.0696 e. The van der Waals surface area contributed by atoms with Gasteiger partial charge in [-0.1, -0.05) is 47.5 Å². The molecule has 0 bridgehead atoms. The lowest BCUT2D eigenvalue weighted by molar-refractivity contribution is 0.282. The molecule has 0 saturated carbocycles. The summed E-state index contributed by atoms with van der Waals surface area (Å²) in [5.41, 5.74) is 2.78. The van der Waals surface area contributed by atoms with Crippen LogP contribution in [0.15, 0.2) is 42.5 Å². The van der Waals surface area contributed by atoms with Crippen molar-refractivity contribution in [2.75, 3.05) is 11.9 Å². The average Bonchev–Trinajstić information content (AvgIpc) is 2.41. The fourth-order valence-electron chi connectivity index (χ4n) is 1.88. The van der Waals surface area contributed by atoms with Crippen LogP contribution in [0.25, 0.3) is 0 Å². The minimum Gasteiger partial charge on any atom is -0.392 e. The standard InChI is InChI=1S/C15H15Cl2NO/c1-18(9-11-4-2-3-5-14(11)16)13-7-6-12(10-19)15(17)8-13/h2-8,19H,9-10H2,1H3. The summed E-state index contributed by atoms with van der Waals surface area (Å²) in [6.45, 7) is 0.655. The second kappa shape index (κ2) is 6.29. The SMILES string of the molecule is CN(Cc1ccccc1Cl)c1ccc(CO)c(Cl)c1. The van der Waals surface area contributed by atoms with E-state index in [2.05, 4.69) is 4.90 Å². The first-order chi connectivity index (χ1) is 9.11. The van der Waals surface area contributed by atoms with Crippen LogP contribution >= 0.6 is 23.2 Å². The van der Waals surface area contributed by atoms with E-state index in [1.165, 1.54) is 0 Å². The highest BCUT2D eigenvalue weighted by atomic mass is 35.5. The van der Waals surface area contributed by atoms with Gasteiger partial charge in [0.25, 0.3) is 0 Å². The van der Waals surface area contributed by atoms with Gasteiger partial charge in [-0.15, -0.1) is 0 Å². The third-order valence-corrected chi connectivity index (χ3v) is 3.73. The summed E-state index contributed by atoms with van der Waals surface area (Å²) in [5.74, 6) is 0. The molecule has 0 amide bonds. The van der Waals surface area contributed by atoms with Crippen LogP contribution in [0.4, 0.5) is 5.69 Å². The zero-order chi connectivity index (χ0) is 13.8. The maximum absolute atomic E-state index is 9.10. The molecule has 0 fully saturated rings. The van der Waals surface area contributed by atoms with E-state index in [-0.39, 0.29) is 6.61 Å². The summed E-state index contributed by atoms with van der Waals surface area (Å²) in [7, 11) is 1.98. The Morgan fingerprint density at radius 2 is 1.74 bits per heavy atom. The highest BCUT2D eigenvalue weighted by molar-refractivity contribution is 6.31. The third kappa shape index (κ3) is 3.41. The Morgan fingerprint density at radius 1 is 1.00 bits per heavy atom. The topological polar surface area (TPSA) is 23.5 Å². The summed E-state index contributed by atoms with van der Waals surface area (Å²) < 4.78 is 0. The van der Waals surface area contributed by atoms with E-state index in [9.17, 15) is 0 Å². The summed E-state index contributed by atoms with van der Waals surface area (Å²) in [6.07, 6.45) is 0. The van der Waals surface area contributed by atoms with Crippen molar-refractivity contribution in [2.45, 2.75) is 13.2 Å². The fraction of sp³-hybridized carbons (Fsp3) is 0.200. The number of hydrogen-bond donors (Lipinski definition) is 1. The number of benzene rings is 2. The monoisotopic (exact) mass is 295 g/mol. The lowest BCUT2D eigenvalue weighted by Gasteiger charge is -2.20. The summed E-state index contributed by atoms with van der Waals surface area (Å²) in [5, 5.41) is 10.4. The molecule has 0 aliphatic carbocycles. The Bertz CT molecular complexity index is 572. The van der Waals surface area contributed by atoms with Crippen LogP contribution in [0, 0.1) is 0 Å². The fourth-order valence-corrected chi connectivity index (χ4v) is 2.31. The van der Waals surface area contributed by atoms with Gasteiger partial charge in [0.2, 0.25) is 0 Å². The number of aliphatic hydroxyl groups excluding tert-OH is 1. The van der Waals surface area contributed by atoms with E-state index in [0.717, 1.165) is 21.8 Å². The zero-order valence-corrected chi connectivity index (χ0v) is 12.1. The molecule has 1 N–H and O–H groups in total. The van der Waals surface area contributed by atoms with E-state index >= 15 is 0 Å². The van der Waals surface area contributed by atoms with Gasteiger partial charge < -0.3 is 10.0 Å². The Kier molecular flexibility index (Phi) is 4.70. The molecular weight excluding hydrogens is 281 g/mol. The number of hydrogen-bond acceptors (Lipinski definition) is 2. The van der Waals surface area contributed by atoms with Gasteiger partial charge in [-0.05, 0) is 29.3 Å². The predicted octanol–water partition coefficient (Wildman–Crippen LogP) is 4.12. The lowest BCUT2D eigenvalue weighted by atomic mass is 10.1.